The Hall–Kier alpha value is -1.79. The Morgan fingerprint density at radius 3 is 2.19 bits per heavy atom. The van der Waals surface area contributed by atoms with E-state index in [1.54, 1.807) is 20.1 Å². The minimum Gasteiger partial charge on any atom is -0.497 e. The second-order valence-corrected chi connectivity index (χ2v) is 12.7. The number of carbonyl (C=O) groups is 1. The number of hydrogen-bond acceptors (Lipinski definition) is 5. The van der Waals surface area contributed by atoms with Crippen LogP contribution >= 0.6 is 0 Å². The highest BCUT2D eigenvalue weighted by molar-refractivity contribution is 6.74. The number of methoxy groups -OCH3 is 1. The Labute approximate surface area is 164 Å². The van der Waals surface area contributed by atoms with Crippen LogP contribution in [-0.2, 0) is 14.0 Å². The van der Waals surface area contributed by atoms with Gasteiger partial charge in [0.25, 0.3) is 0 Å². The molecule has 0 spiro atoms. The molecule has 27 heavy (non-hydrogen) atoms. The zero-order valence-corrected chi connectivity index (χ0v) is 18.9. The van der Waals surface area contributed by atoms with Gasteiger partial charge in [0.1, 0.15) is 17.6 Å². The van der Waals surface area contributed by atoms with E-state index in [1.807, 2.05) is 31.2 Å². The Morgan fingerprint density at radius 1 is 1.15 bits per heavy atom. The van der Waals surface area contributed by atoms with Crippen molar-refractivity contribution in [3.05, 3.63) is 36.4 Å². The molecule has 1 rings (SSSR count). The van der Waals surface area contributed by atoms with Crippen molar-refractivity contribution in [1.82, 2.24) is 0 Å². The molecular formula is C21H34O5Si. The molecule has 0 aromatic heterocycles. The lowest BCUT2D eigenvalue weighted by Gasteiger charge is -2.39. The van der Waals surface area contributed by atoms with Crippen LogP contribution in [0.15, 0.2) is 36.4 Å². The average molecular weight is 395 g/mol. The topological polar surface area (TPSA) is 54.0 Å². The Morgan fingerprint density at radius 2 is 1.70 bits per heavy atom. The molecule has 0 amide bonds. The molecule has 2 atom stereocenters. The van der Waals surface area contributed by atoms with Crippen molar-refractivity contribution in [1.29, 1.82) is 0 Å². The van der Waals surface area contributed by atoms with Crippen LogP contribution in [0.2, 0.25) is 18.1 Å². The smallest absolute Gasteiger partial charge is 0.330 e. The summed E-state index contributed by atoms with van der Waals surface area (Å²) in [5.41, 5.74) is 0. The van der Waals surface area contributed by atoms with Crippen LogP contribution in [-0.4, -0.2) is 40.2 Å². The van der Waals surface area contributed by atoms with Crippen LogP contribution in [0.5, 0.6) is 11.5 Å². The van der Waals surface area contributed by atoms with E-state index in [0.717, 1.165) is 5.75 Å². The van der Waals surface area contributed by atoms with Crippen LogP contribution in [0.3, 0.4) is 0 Å². The van der Waals surface area contributed by atoms with E-state index in [4.69, 9.17) is 18.6 Å². The van der Waals surface area contributed by atoms with Gasteiger partial charge in [-0.1, -0.05) is 20.8 Å². The molecule has 0 N–H and O–H groups in total. The molecule has 1 aromatic carbocycles. The number of ether oxygens (including phenoxy) is 3. The van der Waals surface area contributed by atoms with Gasteiger partial charge in [0.05, 0.1) is 19.8 Å². The molecule has 0 aliphatic rings. The zero-order valence-electron chi connectivity index (χ0n) is 17.9. The van der Waals surface area contributed by atoms with Gasteiger partial charge in [-0.2, -0.15) is 0 Å². The first-order valence-electron chi connectivity index (χ1n) is 9.33. The van der Waals surface area contributed by atoms with Gasteiger partial charge < -0.3 is 18.6 Å². The first-order chi connectivity index (χ1) is 12.5. The lowest BCUT2D eigenvalue weighted by atomic mass is 10.2. The van der Waals surface area contributed by atoms with Crippen molar-refractivity contribution in [3.8, 4) is 11.5 Å². The molecule has 0 unspecified atom stereocenters. The summed E-state index contributed by atoms with van der Waals surface area (Å²) in [5, 5.41) is 0.0801. The maximum atomic E-state index is 11.7. The molecule has 0 aliphatic heterocycles. The van der Waals surface area contributed by atoms with Gasteiger partial charge in [-0.15, -0.1) is 0 Å². The minimum atomic E-state index is -1.98. The highest BCUT2D eigenvalue weighted by Crippen LogP contribution is 2.38. The molecule has 0 bridgehead atoms. The Balaban J connectivity index is 2.99. The summed E-state index contributed by atoms with van der Waals surface area (Å²) in [6.07, 6.45) is 2.47. The summed E-state index contributed by atoms with van der Waals surface area (Å²) in [7, 11) is -0.363. The second kappa shape index (κ2) is 9.94. The predicted molar refractivity (Wildman–Crippen MR) is 111 cm³/mol. The van der Waals surface area contributed by atoms with Crippen LogP contribution < -0.4 is 9.47 Å². The third-order valence-electron chi connectivity index (χ3n) is 4.79. The van der Waals surface area contributed by atoms with Crippen molar-refractivity contribution in [2.24, 2.45) is 0 Å². The minimum absolute atomic E-state index is 0.0801. The number of benzene rings is 1. The Bertz CT molecular complexity index is 616. The number of hydrogen-bond donors (Lipinski definition) is 0. The molecule has 5 nitrogen and oxygen atoms in total. The van der Waals surface area contributed by atoms with Gasteiger partial charge in [0.2, 0.25) is 0 Å². The summed E-state index contributed by atoms with van der Waals surface area (Å²) in [6, 6.07) is 7.34. The third kappa shape index (κ3) is 7.38. The maximum Gasteiger partial charge on any atom is 0.330 e. The fraction of sp³-hybridized carbons (Fsp3) is 0.571. The predicted octanol–water partition coefficient (Wildman–Crippen LogP) is 4.97. The number of esters is 1. The van der Waals surface area contributed by atoms with Crippen LogP contribution in [0.1, 0.15) is 34.6 Å². The summed E-state index contributed by atoms with van der Waals surface area (Å²) in [6.45, 7) is 15.1. The van der Waals surface area contributed by atoms with Gasteiger partial charge in [-0.3, -0.25) is 0 Å². The lowest BCUT2D eigenvalue weighted by molar-refractivity contribution is -0.137. The standard InChI is InChI=1S/C21H34O5Si/c1-9-24-20(22)15-14-19(16(2)26-27(7,8)21(3,4)5)25-18-12-10-17(23-6)11-13-18/h10-16,19H,9H2,1-8H3/b15-14+/t16-,19-/m1/s1. The van der Waals surface area contributed by atoms with E-state index in [-0.39, 0.29) is 17.1 Å². The highest BCUT2D eigenvalue weighted by atomic mass is 28.4. The van der Waals surface area contributed by atoms with Gasteiger partial charge in [0, 0.05) is 6.08 Å². The molecule has 152 valence electrons. The summed E-state index contributed by atoms with van der Waals surface area (Å²) < 4.78 is 22.7. The maximum absolute atomic E-state index is 11.7. The molecule has 0 aliphatic carbocycles. The third-order valence-corrected chi connectivity index (χ3v) is 9.36. The fourth-order valence-corrected chi connectivity index (χ4v) is 3.59. The van der Waals surface area contributed by atoms with E-state index >= 15 is 0 Å². The van der Waals surface area contributed by atoms with Crippen molar-refractivity contribution in [2.75, 3.05) is 13.7 Å². The SMILES string of the molecule is CCOC(=O)/C=C/[C@@H](Oc1ccc(OC)cc1)[C@@H](C)O[Si](C)(C)C(C)(C)C. The van der Waals surface area contributed by atoms with Crippen molar-refractivity contribution in [2.45, 2.75) is 65.0 Å². The average Bonchev–Trinajstić information content (AvgIpc) is 2.57. The summed E-state index contributed by atoms with van der Waals surface area (Å²) >= 11 is 0. The molecular weight excluding hydrogens is 360 g/mol. The van der Waals surface area contributed by atoms with Crippen molar-refractivity contribution in [3.63, 3.8) is 0 Å². The molecule has 1 aromatic rings. The normalized spacial score (nSPS) is 14.7. The van der Waals surface area contributed by atoms with Crippen molar-refractivity contribution >= 4 is 14.3 Å². The van der Waals surface area contributed by atoms with Crippen LogP contribution in [0, 0.1) is 0 Å². The molecule has 6 heteroatoms. The van der Waals surface area contributed by atoms with E-state index in [2.05, 4.69) is 33.9 Å². The first kappa shape index (κ1) is 23.2. The molecule has 0 fully saturated rings. The van der Waals surface area contributed by atoms with E-state index < -0.39 is 14.4 Å². The van der Waals surface area contributed by atoms with Gasteiger partial charge in [0.15, 0.2) is 8.32 Å². The van der Waals surface area contributed by atoms with E-state index in [1.165, 1.54) is 6.08 Å². The van der Waals surface area contributed by atoms with Gasteiger partial charge in [-0.25, -0.2) is 4.79 Å². The first-order valence-corrected chi connectivity index (χ1v) is 12.2. The largest absolute Gasteiger partial charge is 0.497 e. The van der Waals surface area contributed by atoms with Crippen LogP contribution in [0.4, 0.5) is 0 Å². The number of rotatable bonds is 9. The quantitative estimate of drug-likeness (QED) is 0.336. The van der Waals surface area contributed by atoms with E-state index in [0.29, 0.717) is 12.4 Å². The lowest BCUT2D eigenvalue weighted by Crippen LogP contribution is -2.46. The number of carbonyl (C=O) groups excluding carboxylic acids is 1. The zero-order chi connectivity index (χ0) is 20.7. The van der Waals surface area contributed by atoms with Crippen molar-refractivity contribution < 1.29 is 23.4 Å². The molecule has 0 heterocycles. The second-order valence-electron chi connectivity index (χ2n) is 7.95. The summed E-state index contributed by atoms with van der Waals surface area (Å²) in [4.78, 5) is 11.7. The van der Waals surface area contributed by atoms with Gasteiger partial charge in [-0.05, 0) is 62.3 Å². The highest BCUT2D eigenvalue weighted by Gasteiger charge is 2.39. The summed E-state index contributed by atoms with van der Waals surface area (Å²) in [5.74, 6) is 1.05. The molecule has 0 saturated carbocycles. The Kier molecular flexibility index (Phi) is 8.56. The van der Waals surface area contributed by atoms with Gasteiger partial charge >= 0.3 is 5.97 Å². The molecule has 0 saturated heterocycles. The monoisotopic (exact) mass is 394 g/mol. The van der Waals surface area contributed by atoms with E-state index in [9.17, 15) is 4.79 Å². The molecule has 0 radical (unpaired) electrons. The van der Waals surface area contributed by atoms with Crippen LogP contribution in [0.25, 0.3) is 0 Å². The fourth-order valence-electron chi connectivity index (χ4n) is 2.18.